The van der Waals surface area contributed by atoms with Crippen molar-refractivity contribution in [3.8, 4) is 0 Å². The molecule has 0 aromatic heterocycles. The molecule has 1 aliphatic rings. The number of ether oxygens (including phenoxy) is 1. The molecule has 3 aromatic carbocycles. The number of Topliss-reactive ketones (excluding diaryl/α,β-unsaturated/α-hetero) is 1. The second-order valence-corrected chi connectivity index (χ2v) is 14.9. The van der Waals surface area contributed by atoms with Crippen LogP contribution in [0.2, 0.25) is 0 Å². The van der Waals surface area contributed by atoms with Gasteiger partial charge >= 0.3 is 0 Å². The van der Waals surface area contributed by atoms with Crippen LogP contribution >= 0.6 is 0 Å². The Morgan fingerprint density at radius 3 is 2.15 bits per heavy atom. The zero-order valence-electron chi connectivity index (χ0n) is 30.1. The third-order valence-corrected chi connectivity index (χ3v) is 10.3. The maximum absolute atomic E-state index is 12.8. The third kappa shape index (κ3) is 14.3. The predicted octanol–water partition coefficient (Wildman–Crippen LogP) is 8.34. The van der Waals surface area contributed by atoms with E-state index in [0.717, 1.165) is 37.5 Å². The van der Waals surface area contributed by atoms with Gasteiger partial charge in [0.05, 0.1) is 29.7 Å². The van der Waals surface area contributed by atoms with Crippen molar-refractivity contribution in [2.75, 3.05) is 11.9 Å². The number of benzene rings is 3. The summed E-state index contributed by atoms with van der Waals surface area (Å²) in [6.45, 7) is 1.95. The molecule has 1 heterocycles. The number of allylic oxidation sites excluding steroid dienone is 5. The molecule has 276 valence electrons. The number of hydrogen-bond acceptors (Lipinski definition) is 7. The van der Waals surface area contributed by atoms with Crippen LogP contribution in [0, 0.1) is 0 Å². The maximum atomic E-state index is 12.8. The Balaban J connectivity index is 1.08. The van der Waals surface area contributed by atoms with E-state index in [9.17, 15) is 22.8 Å². The maximum Gasteiger partial charge on any atom is 0.240 e. The molecule has 0 amide bonds. The van der Waals surface area contributed by atoms with E-state index in [1.54, 1.807) is 36.4 Å². The number of sulfonamides is 1. The Kier molecular flexibility index (Phi) is 16.9. The summed E-state index contributed by atoms with van der Waals surface area (Å²) >= 11 is 0. The summed E-state index contributed by atoms with van der Waals surface area (Å²) in [5.41, 5.74) is 2.62. The van der Waals surface area contributed by atoms with Gasteiger partial charge in [0, 0.05) is 23.2 Å². The average Bonchev–Trinajstić information content (AvgIpc) is 3.92. The van der Waals surface area contributed by atoms with Crippen LogP contribution in [0.3, 0.4) is 0 Å². The highest BCUT2D eigenvalue weighted by Crippen LogP contribution is 2.30. The Morgan fingerprint density at radius 2 is 1.46 bits per heavy atom. The summed E-state index contributed by atoms with van der Waals surface area (Å²) in [6, 6.07) is 21.7. The van der Waals surface area contributed by atoms with Gasteiger partial charge in [0.2, 0.25) is 10.0 Å². The summed E-state index contributed by atoms with van der Waals surface area (Å²) < 4.78 is 33.7. The van der Waals surface area contributed by atoms with E-state index in [2.05, 4.69) is 53.4 Å². The highest BCUT2D eigenvalue weighted by molar-refractivity contribution is 7.89. The van der Waals surface area contributed by atoms with E-state index < -0.39 is 16.1 Å². The highest BCUT2D eigenvalue weighted by Gasteiger charge is 2.36. The van der Waals surface area contributed by atoms with Gasteiger partial charge in [0.25, 0.3) is 0 Å². The molecular formula is C43H52N2O6S. The molecule has 1 aliphatic heterocycles. The van der Waals surface area contributed by atoms with Gasteiger partial charge in [-0.25, -0.2) is 13.1 Å². The first-order valence-corrected chi connectivity index (χ1v) is 19.9. The van der Waals surface area contributed by atoms with Crippen molar-refractivity contribution < 1.29 is 27.5 Å². The number of nitrogens with one attached hydrogen (secondary N) is 2. The SMILES string of the molecule is CCCCCC1OC1C/C=C\C/C=C\C/C=C\CCCC(=O)CNS(=O)(=O)c1ccc(NC(C=O)Cc2ccc(C(=O)c3ccccc3)cc2)cc1. The van der Waals surface area contributed by atoms with E-state index >= 15 is 0 Å². The lowest BCUT2D eigenvalue weighted by Crippen LogP contribution is -2.29. The van der Waals surface area contributed by atoms with Gasteiger partial charge in [-0.15, -0.1) is 0 Å². The average molecular weight is 725 g/mol. The van der Waals surface area contributed by atoms with Crippen molar-refractivity contribution in [1.29, 1.82) is 0 Å². The molecule has 0 bridgehead atoms. The van der Waals surface area contributed by atoms with Crippen molar-refractivity contribution in [3.05, 3.63) is 132 Å². The second kappa shape index (κ2) is 21.8. The lowest BCUT2D eigenvalue weighted by Gasteiger charge is -2.15. The van der Waals surface area contributed by atoms with Crippen LogP contribution in [0.25, 0.3) is 0 Å². The summed E-state index contributed by atoms with van der Waals surface area (Å²) in [7, 11) is -3.88. The molecule has 3 unspecified atom stereocenters. The summed E-state index contributed by atoms with van der Waals surface area (Å²) in [5.74, 6) is -0.240. The molecule has 0 radical (unpaired) electrons. The topological polar surface area (TPSA) is 122 Å². The molecule has 0 saturated carbocycles. The van der Waals surface area contributed by atoms with E-state index in [1.165, 1.54) is 37.8 Å². The quantitative estimate of drug-likeness (QED) is 0.0296. The van der Waals surface area contributed by atoms with Gasteiger partial charge in [-0.2, -0.15) is 0 Å². The van der Waals surface area contributed by atoms with E-state index in [1.807, 2.05) is 30.3 Å². The number of rotatable bonds is 25. The monoisotopic (exact) mass is 724 g/mol. The van der Waals surface area contributed by atoms with Crippen LogP contribution in [-0.4, -0.2) is 51.1 Å². The van der Waals surface area contributed by atoms with Gasteiger partial charge in [-0.05, 0) is 74.8 Å². The number of carbonyl (C=O) groups is 3. The van der Waals surface area contributed by atoms with Crippen LogP contribution in [0.4, 0.5) is 5.69 Å². The van der Waals surface area contributed by atoms with Gasteiger partial charge in [0.15, 0.2) is 5.78 Å². The number of unbranched alkanes of at least 4 members (excludes halogenated alkanes) is 3. The number of ketones is 2. The molecule has 4 rings (SSSR count). The molecule has 9 heteroatoms. The largest absolute Gasteiger partial charge is 0.375 e. The summed E-state index contributed by atoms with van der Waals surface area (Å²) in [5, 5.41) is 3.12. The van der Waals surface area contributed by atoms with Crippen LogP contribution in [-0.2, 0) is 30.8 Å². The van der Waals surface area contributed by atoms with Crippen molar-refractivity contribution >= 4 is 33.6 Å². The lowest BCUT2D eigenvalue weighted by molar-refractivity contribution is -0.118. The van der Waals surface area contributed by atoms with E-state index in [-0.39, 0.29) is 23.0 Å². The minimum absolute atomic E-state index is 0.0297. The molecule has 8 nitrogen and oxygen atoms in total. The summed E-state index contributed by atoms with van der Waals surface area (Å²) in [6.07, 6.45) is 24.3. The molecule has 1 saturated heterocycles. The normalized spacial score (nSPS) is 16.4. The fourth-order valence-electron chi connectivity index (χ4n) is 5.77. The number of anilines is 1. The van der Waals surface area contributed by atoms with Gasteiger partial charge in [-0.1, -0.05) is 117 Å². The van der Waals surface area contributed by atoms with Crippen LogP contribution in [0.1, 0.15) is 92.6 Å². The minimum atomic E-state index is -3.88. The highest BCUT2D eigenvalue weighted by atomic mass is 32.2. The smallest absolute Gasteiger partial charge is 0.240 e. The van der Waals surface area contributed by atoms with Crippen molar-refractivity contribution in [2.24, 2.45) is 0 Å². The van der Waals surface area contributed by atoms with E-state index in [4.69, 9.17) is 4.74 Å². The van der Waals surface area contributed by atoms with Crippen LogP contribution < -0.4 is 10.0 Å². The molecule has 3 atom stereocenters. The van der Waals surface area contributed by atoms with Gasteiger partial charge < -0.3 is 14.8 Å². The van der Waals surface area contributed by atoms with Gasteiger partial charge in [0.1, 0.15) is 12.1 Å². The molecule has 2 N–H and O–H groups in total. The van der Waals surface area contributed by atoms with Gasteiger partial charge in [-0.3, -0.25) is 9.59 Å². The first-order chi connectivity index (χ1) is 25.3. The number of hydrogen-bond donors (Lipinski definition) is 2. The predicted molar refractivity (Wildman–Crippen MR) is 208 cm³/mol. The number of aldehydes is 1. The van der Waals surface area contributed by atoms with Crippen molar-refractivity contribution in [1.82, 2.24) is 4.72 Å². The zero-order chi connectivity index (χ0) is 37.0. The Morgan fingerprint density at radius 1 is 0.788 bits per heavy atom. The minimum Gasteiger partial charge on any atom is -0.375 e. The lowest BCUT2D eigenvalue weighted by atomic mass is 10.00. The van der Waals surface area contributed by atoms with Crippen molar-refractivity contribution in [3.63, 3.8) is 0 Å². The molecule has 52 heavy (non-hydrogen) atoms. The molecule has 0 aliphatic carbocycles. The standard InChI is InChI=1S/C43H52N2O6S/c1-2-3-13-21-41-42(51-41)22-17-11-9-7-5-4-6-8-10-16-20-39(47)32-44-52(49,50)40-29-27-37(28-30-40)45-38(33-46)31-34-23-25-36(26-24-34)43(48)35-18-14-12-15-19-35/h5-8,11-12,14-15,17-19,23-30,33,38,41-42,44-45H,2-4,9-10,13,16,20-22,31-32H2,1H3/b7-5-,8-6-,17-11-. The first-order valence-electron chi connectivity index (χ1n) is 18.4. The first kappa shape index (κ1) is 40.3. The number of carbonyl (C=O) groups excluding carboxylic acids is 3. The zero-order valence-corrected chi connectivity index (χ0v) is 30.9. The Bertz CT molecular complexity index is 1750. The fourth-order valence-corrected chi connectivity index (χ4v) is 6.78. The van der Waals surface area contributed by atoms with Crippen molar-refractivity contribution in [2.45, 2.75) is 101 Å². The molecule has 3 aromatic rings. The summed E-state index contributed by atoms with van der Waals surface area (Å²) in [4.78, 5) is 36.9. The van der Waals surface area contributed by atoms with E-state index in [0.29, 0.717) is 48.3 Å². The van der Waals surface area contributed by atoms with Crippen LogP contribution in [0.5, 0.6) is 0 Å². The Hall–Kier alpha value is -4.44. The molecular weight excluding hydrogens is 673 g/mol. The fraction of sp³-hybridized carbons (Fsp3) is 0.372. The number of epoxide rings is 1. The van der Waals surface area contributed by atoms with Crippen LogP contribution in [0.15, 0.2) is 120 Å². The second-order valence-electron chi connectivity index (χ2n) is 13.1. The Labute approximate surface area is 309 Å². The molecule has 1 fully saturated rings. The molecule has 0 spiro atoms. The third-order valence-electron chi connectivity index (χ3n) is 8.87.